The molecule has 0 saturated carbocycles. The van der Waals surface area contributed by atoms with Crippen molar-refractivity contribution in [2.75, 3.05) is 17.6 Å². The van der Waals surface area contributed by atoms with Gasteiger partial charge in [-0.1, -0.05) is 52.9 Å². The van der Waals surface area contributed by atoms with Crippen molar-refractivity contribution in [3.8, 4) is 0 Å². The van der Waals surface area contributed by atoms with Gasteiger partial charge in [-0.2, -0.15) is 0 Å². The van der Waals surface area contributed by atoms with E-state index in [4.69, 9.17) is 0 Å². The van der Waals surface area contributed by atoms with Crippen molar-refractivity contribution in [3.05, 3.63) is 65.5 Å². The second-order valence-electron chi connectivity index (χ2n) is 8.43. The Labute approximate surface area is 211 Å². The van der Waals surface area contributed by atoms with Crippen LogP contribution in [0.25, 0.3) is 10.2 Å². The third-order valence-electron chi connectivity index (χ3n) is 6.01. The number of anilines is 1. The molecule has 0 bridgehead atoms. The Morgan fingerprint density at radius 3 is 2.83 bits per heavy atom. The Bertz CT molecular complexity index is 1350. The fraction of sp³-hybridized carbons (Fsp3) is 0.320. The lowest BCUT2D eigenvalue weighted by Crippen LogP contribution is -2.32. The van der Waals surface area contributed by atoms with Crippen LogP contribution in [0.5, 0.6) is 0 Å². The lowest BCUT2D eigenvalue weighted by Gasteiger charge is -2.24. The van der Waals surface area contributed by atoms with E-state index in [0.29, 0.717) is 28.9 Å². The minimum atomic E-state index is -0.140. The molecule has 1 unspecified atom stereocenters. The summed E-state index contributed by atoms with van der Waals surface area (Å²) in [4.78, 5) is 32.2. The van der Waals surface area contributed by atoms with Gasteiger partial charge in [0.15, 0.2) is 16.1 Å². The number of carbonyl (C=O) groups is 2. The minimum absolute atomic E-state index is 0.0197. The highest BCUT2D eigenvalue weighted by Crippen LogP contribution is 2.34. The highest BCUT2D eigenvalue weighted by Gasteiger charge is 2.34. The predicted molar refractivity (Wildman–Crippen MR) is 139 cm³/mol. The van der Waals surface area contributed by atoms with Gasteiger partial charge < -0.3 is 14.8 Å². The second kappa shape index (κ2) is 10.2. The number of para-hydroxylation sites is 1. The van der Waals surface area contributed by atoms with Crippen LogP contribution in [0.3, 0.4) is 0 Å². The number of carbonyl (C=O) groups excluding carboxylic acids is 2. The molecule has 35 heavy (non-hydrogen) atoms. The van der Waals surface area contributed by atoms with Crippen molar-refractivity contribution in [1.29, 1.82) is 0 Å². The molecule has 10 heteroatoms. The number of amides is 2. The maximum Gasteiger partial charge on any atom is 0.254 e. The molecular weight excluding hydrogens is 480 g/mol. The molecule has 1 N–H and O–H groups in total. The van der Waals surface area contributed by atoms with Crippen LogP contribution in [0.15, 0.2) is 53.7 Å². The van der Waals surface area contributed by atoms with Gasteiger partial charge in [-0.3, -0.25) is 9.59 Å². The summed E-state index contributed by atoms with van der Waals surface area (Å²) in [6, 6.07) is 15.4. The molecule has 1 aliphatic heterocycles. The summed E-state index contributed by atoms with van der Waals surface area (Å²) >= 11 is 2.80. The van der Waals surface area contributed by atoms with Crippen LogP contribution in [0.2, 0.25) is 0 Å². The first-order valence-electron chi connectivity index (χ1n) is 11.6. The molecule has 1 fully saturated rings. The standard InChI is InChI=1S/C25H26N6O2S2/c1-3-30-22(19-11-7-13-31(19)23(33)17-9-6-8-16(2)14-17)28-29-25(30)34-15-21(32)27-24-26-18-10-4-5-12-20(18)35-24/h4-6,8-10,12,14,19H,3,7,11,13,15H2,1-2H3,(H,26,27,32). The number of likely N-dealkylation sites (tertiary alicyclic amines) is 1. The van der Waals surface area contributed by atoms with Gasteiger partial charge in [-0.15, -0.1) is 10.2 Å². The van der Waals surface area contributed by atoms with Gasteiger partial charge in [0.25, 0.3) is 5.91 Å². The van der Waals surface area contributed by atoms with E-state index in [1.54, 1.807) is 0 Å². The molecule has 0 aliphatic carbocycles. The summed E-state index contributed by atoms with van der Waals surface area (Å²) in [5.74, 6) is 0.856. The number of nitrogens with one attached hydrogen (secondary N) is 1. The van der Waals surface area contributed by atoms with E-state index in [0.717, 1.165) is 34.4 Å². The van der Waals surface area contributed by atoms with Crippen molar-refractivity contribution in [3.63, 3.8) is 0 Å². The summed E-state index contributed by atoms with van der Waals surface area (Å²) in [5.41, 5.74) is 2.63. The topological polar surface area (TPSA) is 93.0 Å². The molecule has 2 aromatic heterocycles. The summed E-state index contributed by atoms with van der Waals surface area (Å²) in [5, 5.41) is 13.0. The number of fused-ring (bicyclic) bond motifs is 1. The van der Waals surface area contributed by atoms with E-state index in [-0.39, 0.29) is 23.6 Å². The quantitative estimate of drug-likeness (QED) is 0.358. The Morgan fingerprint density at radius 2 is 2.03 bits per heavy atom. The number of aryl methyl sites for hydroxylation is 1. The number of thioether (sulfide) groups is 1. The fourth-order valence-electron chi connectivity index (χ4n) is 4.38. The third kappa shape index (κ3) is 4.94. The molecule has 1 aliphatic rings. The van der Waals surface area contributed by atoms with Crippen molar-refractivity contribution >= 4 is 50.3 Å². The maximum absolute atomic E-state index is 13.2. The number of rotatable bonds is 7. The average Bonchev–Trinajstić information content (AvgIpc) is 3.59. The van der Waals surface area contributed by atoms with E-state index in [9.17, 15) is 9.59 Å². The SMILES string of the molecule is CCn1c(SCC(=O)Nc2nc3ccccc3s2)nnc1C1CCCN1C(=O)c1cccc(C)c1. The van der Waals surface area contributed by atoms with E-state index in [1.807, 2.05) is 71.8 Å². The summed E-state index contributed by atoms with van der Waals surface area (Å²) in [6.45, 7) is 5.37. The highest BCUT2D eigenvalue weighted by atomic mass is 32.2. The molecule has 0 radical (unpaired) electrons. The zero-order chi connectivity index (χ0) is 24.4. The van der Waals surface area contributed by atoms with E-state index in [1.165, 1.54) is 23.1 Å². The van der Waals surface area contributed by atoms with E-state index < -0.39 is 0 Å². The van der Waals surface area contributed by atoms with Crippen molar-refractivity contribution in [2.24, 2.45) is 0 Å². The van der Waals surface area contributed by atoms with Crippen LogP contribution in [0.1, 0.15) is 47.6 Å². The molecule has 2 amide bonds. The number of aromatic nitrogens is 4. The Kier molecular flexibility index (Phi) is 6.83. The molecule has 8 nitrogen and oxygen atoms in total. The number of thiazole rings is 1. The monoisotopic (exact) mass is 506 g/mol. The minimum Gasteiger partial charge on any atom is -0.328 e. The van der Waals surface area contributed by atoms with E-state index >= 15 is 0 Å². The van der Waals surface area contributed by atoms with Gasteiger partial charge in [0, 0.05) is 18.7 Å². The van der Waals surface area contributed by atoms with Crippen LogP contribution in [-0.2, 0) is 11.3 Å². The number of benzene rings is 2. The zero-order valence-electron chi connectivity index (χ0n) is 19.6. The van der Waals surface area contributed by atoms with Crippen LogP contribution in [-0.4, -0.2) is 48.8 Å². The maximum atomic E-state index is 13.2. The van der Waals surface area contributed by atoms with Crippen molar-refractivity contribution in [2.45, 2.75) is 44.4 Å². The van der Waals surface area contributed by atoms with Crippen LogP contribution < -0.4 is 5.32 Å². The predicted octanol–water partition coefficient (Wildman–Crippen LogP) is 4.92. The van der Waals surface area contributed by atoms with Gasteiger partial charge in [0.05, 0.1) is 22.0 Å². The molecule has 180 valence electrons. The molecule has 4 aromatic rings. The van der Waals surface area contributed by atoms with Gasteiger partial charge >= 0.3 is 0 Å². The molecule has 1 saturated heterocycles. The lowest BCUT2D eigenvalue weighted by molar-refractivity contribution is -0.113. The van der Waals surface area contributed by atoms with Gasteiger partial charge in [0.2, 0.25) is 5.91 Å². The normalized spacial score (nSPS) is 15.6. The molecule has 0 spiro atoms. The lowest BCUT2D eigenvalue weighted by atomic mass is 10.1. The molecular formula is C25H26N6O2S2. The molecule has 5 rings (SSSR count). The van der Waals surface area contributed by atoms with Crippen LogP contribution >= 0.6 is 23.1 Å². The number of hydrogen-bond acceptors (Lipinski definition) is 7. The zero-order valence-corrected chi connectivity index (χ0v) is 21.2. The van der Waals surface area contributed by atoms with Crippen LogP contribution in [0, 0.1) is 6.92 Å². The van der Waals surface area contributed by atoms with Gasteiger partial charge in [-0.05, 0) is 51.0 Å². The average molecular weight is 507 g/mol. The van der Waals surface area contributed by atoms with Crippen LogP contribution in [0.4, 0.5) is 5.13 Å². The van der Waals surface area contributed by atoms with Gasteiger partial charge in [0.1, 0.15) is 0 Å². The smallest absolute Gasteiger partial charge is 0.254 e. The van der Waals surface area contributed by atoms with Crippen molar-refractivity contribution in [1.82, 2.24) is 24.6 Å². The first kappa shape index (κ1) is 23.5. The first-order valence-corrected chi connectivity index (χ1v) is 13.4. The Balaban J connectivity index is 1.27. The highest BCUT2D eigenvalue weighted by molar-refractivity contribution is 7.99. The Morgan fingerprint density at radius 1 is 1.17 bits per heavy atom. The first-order chi connectivity index (χ1) is 17.0. The largest absolute Gasteiger partial charge is 0.328 e. The number of nitrogens with zero attached hydrogens (tertiary/aromatic N) is 5. The summed E-state index contributed by atoms with van der Waals surface area (Å²) in [7, 11) is 0. The van der Waals surface area contributed by atoms with Gasteiger partial charge in [-0.25, -0.2) is 4.98 Å². The molecule has 3 heterocycles. The summed E-state index contributed by atoms with van der Waals surface area (Å²) in [6.07, 6.45) is 1.77. The Hall–Kier alpha value is -3.24. The third-order valence-corrected chi connectivity index (χ3v) is 7.93. The fourth-order valence-corrected chi connectivity index (χ4v) is 6.08. The van der Waals surface area contributed by atoms with Crippen molar-refractivity contribution < 1.29 is 9.59 Å². The molecule has 2 aromatic carbocycles. The second-order valence-corrected chi connectivity index (χ2v) is 10.4. The number of hydrogen-bond donors (Lipinski definition) is 1. The summed E-state index contributed by atoms with van der Waals surface area (Å²) < 4.78 is 3.05. The molecule has 1 atom stereocenters. The van der Waals surface area contributed by atoms with E-state index in [2.05, 4.69) is 20.5 Å².